The molecular weight excluding hydrogens is 278 g/mol. The van der Waals surface area contributed by atoms with Crippen molar-refractivity contribution in [1.29, 1.82) is 0 Å². The summed E-state index contributed by atoms with van der Waals surface area (Å²) in [6, 6.07) is 14.1. The van der Waals surface area contributed by atoms with Gasteiger partial charge in [0.05, 0.1) is 10.4 Å². The van der Waals surface area contributed by atoms with Crippen molar-refractivity contribution in [3.63, 3.8) is 0 Å². The van der Waals surface area contributed by atoms with Gasteiger partial charge in [0.2, 0.25) is 0 Å². The molecule has 3 aromatic rings. The highest BCUT2D eigenvalue weighted by atomic mass is 35.5. The van der Waals surface area contributed by atoms with Gasteiger partial charge in [-0.05, 0) is 24.3 Å². The zero-order valence-corrected chi connectivity index (χ0v) is 11.1. The molecule has 0 radical (unpaired) electrons. The molecule has 1 heterocycles. The highest BCUT2D eigenvalue weighted by Crippen LogP contribution is 2.23. The largest absolute Gasteiger partial charge is 0.469 e. The fraction of sp³-hybridized carbons (Fsp3) is 0.0714. The van der Waals surface area contributed by atoms with Crippen LogP contribution in [0.1, 0.15) is 0 Å². The molecule has 0 bridgehead atoms. The van der Waals surface area contributed by atoms with Crippen LogP contribution in [0.15, 0.2) is 53.3 Å². The van der Waals surface area contributed by atoms with E-state index in [0.717, 1.165) is 4.68 Å². The molecule has 1 aromatic heterocycles. The van der Waals surface area contributed by atoms with Crippen molar-refractivity contribution < 1.29 is 4.74 Å². The topological polar surface area (TPSA) is 57.0 Å². The van der Waals surface area contributed by atoms with E-state index in [-0.39, 0.29) is 12.3 Å². The van der Waals surface area contributed by atoms with Crippen LogP contribution in [0.4, 0.5) is 0 Å². The number of ether oxygens (including phenoxy) is 1. The van der Waals surface area contributed by atoms with Gasteiger partial charge in [0.25, 0.3) is 5.56 Å². The molecule has 0 N–H and O–H groups in total. The summed E-state index contributed by atoms with van der Waals surface area (Å²) < 4.78 is 6.64. The maximum Gasteiger partial charge on any atom is 0.280 e. The second kappa shape index (κ2) is 5.30. The molecule has 0 saturated carbocycles. The van der Waals surface area contributed by atoms with Crippen molar-refractivity contribution in [1.82, 2.24) is 15.0 Å². The van der Waals surface area contributed by atoms with Gasteiger partial charge in [-0.15, -0.1) is 5.10 Å². The molecule has 0 atom stereocenters. The molecule has 0 unspecified atom stereocenters. The van der Waals surface area contributed by atoms with E-state index in [1.807, 2.05) is 0 Å². The maximum atomic E-state index is 12.2. The highest BCUT2D eigenvalue weighted by molar-refractivity contribution is 6.32. The minimum atomic E-state index is -0.248. The van der Waals surface area contributed by atoms with Gasteiger partial charge in [-0.25, -0.2) is 0 Å². The standard InChI is InChI=1S/C14H10ClN3O2/c15-11-6-2-4-8-13(11)20-9-18-14(19)10-5-1-3-7-12(10)16-17-18/h1-8H,9H2. The molecule has 0 spiro atoms. The molecular formula is C14H10ClN3O2. The fourth-order valence-corrected chi connectivity index (χ4v) is 1.99. The average molecular weight is 288 g/mol. The second-order valence-corrected chi connectivity index (χ2v) is 4.52. The molecule has 0 amide bonds. The van der Waals surface area contributed by atoms with Crippen molar-refractivity contribution >= 4 is 22.5 Å². The number of para-hydroxylation sites is 1. The Kier molecular flexibility index (Phi) is 3.35. The average Bonchev–Trinajstić information content (AvgIpc) is 2.48. The van der Waals surface area contributed by atoms with E-state index in [1.54, 1.807) is 48.5 Å². The Balaban J connectivity index is 1.90. The van der Waals surface area contributed by atoms with Gasteiger partial charge >= 0.3 is 0 Å². The smallest absolute Gasteiger partial charge is 0.280 e. The number of rotatable bonds is 3. The van der Waals surface area contributed by atoms with Crippen molar-refractivity contribution in [3.8, 4) is 5.75 Å². The first-order chi connectivity index (χ1) is 9.75. The van der Waals surface area contributed by atoms with Gasteiger partial charge in [0.1, 0.15) is 11.3 Å². The quantitative estimate of drug-likeness (QED) is 0.742. The summed E-state index contributed by atoms with van der Waals surface area (Å²) in [6.45, 7) is -0.0413. The van der Waals surface area contributed by atoms with E-state index < -0.39 is 0 Å². The molecule has 0 aliphatic rings. The number of hydrogen-bond acceptors (Lipinski definition) is 4. The Morgan fingerprint density at radius 2 is 1.85 bits per heavy atom. The summed E-state index contributed by atoms with van der Waals surface area (Å²) >= 11 is 5.98. The van der Waals surface area contributed by atoms with E-state index in [1.165, 1.54) is 0 Å². The summed E-state index contributed by atoms with van der Waals surface area (Å²) in [6.07, 6.45) is 0. The van der Waals surface area contributed by atoms with Gasteiger partial charge in [0.15, 0.2) is 6.73 Å². The molecule has 0 aliphatic carbocycles. The first-order valence-electron chi connectivity index (χ1n) is 5.95. The minimum absolute atomic E-state index is 0.0413. The van der Waals surface area contributed by atoms with E-state index in [9.17, 15) is 4.79 Å². The molecule has 3 rings (SSSR count). The summed E-state index contributed by atoms with van der Waals surface area (Å²) in [5.41, 5.74) is 0.314. The third-order valence-corrected chi connectivity index (χ3v) is 3.12. The van der Waals surface area contributed by atoms with Crippen molar-refractivity contribution in [2.24, 2.45) is 0 Å². The Hall–Kier alpha value is -2.40. The lowest BCUT2D eigenvalue weighted by molar-refractivity contribution is 0.211. The van der Waals surface area contributed by atoms with E-state index >= 15 is 0 Å². The molecule has 0 saturated heterocycles. The first-order valence-corrected chi connectivity index (χ1v) is 6.33. The summed E-state index contributed by atoms with van der Waals surface area (Å²) in [5.74, 6) is 0.496. The Morgan fingerprint density at radius 1 is 1.10 bits per heavy atom. The second-order valence-electron chi connectivity index (χ2n) is 4.12. The highest BCUT2D eigenvalue weighted by Gasteiger charge is 2.06. The zero-order chi connectivity index (χ0) is 13.9. The monoisotopic (exact) mass is 287 g/mol. The third kappa shape index (κ3) is 2.35. The zero-order valence-electron chi connectivity index (χ0n) is 10.4. The lowest BCUT2D eigenvalue weighted by atomic mass is 10.2. The van der Waals surface area contributed by atoms with E-state index in [4.69, 9.17) is 16.3 Å². The van der Waals surface area contributed by atoms with Crippen LogP contribution in [-0.4, -0.2) is 15.0 Å². The van der Waals surface area contributed by atoms with Crippen LogP contribution in [0, 0.1) is 0 Å². The van der Waals surface area contributed by atoms with Crippen LogP contribution in [0.3, 0.4) is 0 Å². The lowest BCUT2D eigenvalue weighted by Gasteiger charge is -2.08. The Morgan fingerprint density at radius 3 is 2.70 bits per heavy atom. The van der Waals surface area contributed by atoms with E-state index in [2.05, 4.69) is 10.3 Å². The summed E-state index contributed by atoms with van der Waals surface area (Å²) in [7, 11) is 0. The summed E-state index contributed by atoms with van der Waals surface area (Å²) in [5, 5.41) is 8.80. The Labute approximate surface area is 119 Å². The predicted octanol–water partition coefficient (Wildman–Crippen LogP) is 2.48. The number of halogens is 1. The van der Waals surface area contributed by atoms with Crippen LogP contribution < -0.4 is 10.3 Å². The van der Waals surface area contributed by atoms with Crippen LogP contribution in [0.2, 0.25) is 5.02 Å². The van der Waals surface area contributed by atoms with Crippen LogP contribution >= 0.6 is 11.6 Å². The number of benzene rings is 2. The van der Waals surface area contributed by atoms with Gasteiger partial charge in [-0.1, -0.05) is 41.1 Å². The van der Waals surface area contributed by atoms with Crippen molar-refractivity contribution in [3.05, 3.63) is 63.9 Å². The van der Waals surface area contributed by atoms with Crippen LogP contribution in [-0.2, 0) is 6.73 Å². The van der Waals surface area contributed by atoms with Gasteiger partial charge < -0.3 is 4.74 Å². The molecule has 6 heteroatoms. The molecule has 2 aromatic carbocycles. The molecule has 0 aliphatic heterocycles. The van der Waals surface area contributed by atoms with Gasteiger partial charge in [-0.2, -0.15) is 4.68 Å². The number of hydrogen-bond donors (Lipinski definition) is 0. The molecule has 0 fully saturated rings. The molecule has 20 heavy (non-hydrogen) atoms. The van der Waals surface area contributed by atoms with Crippen LogP contribution in [0.5, 0.6) is 5.75 Å². The Bertz CT molecular complexity index is 817. The normalized spacial score (nSPS) is 10.7. The van der Waals surface area contributed by atoms with Gasteiger partial charge in [0, 0.05) is 0 Å². The predicted molar refractivity (Wildman–Crippen MR) is 75.9 cm³/mol. The minimum Gasteiger partial charge on any atom is -0.469 e. The van der Waals surface area contributed by atoms with Crippen molar-refractivity contribution in [2.75, 3.05) is 0 Å². The molecule has 100 valence electrons. The third-order valence-electron chi connectivity index (χ3n) is 2.81. The maximum absolute atomic E-state index is 12.2. The first kappa shape index (κ1) is 12.6. The number of fused-ring (bicyclic) bond motifs is 1. The fourth-order valence-electron chi connectivity index (χ4n) is 1.80. The van der Waals surface area contributed by atoms with E-state index in [0.29, 0.717) is 21.7 Å². The summed E-state index contributed by atoms with van der Waals surface area (Å²) in [4.78, 5) is 12.2. The SMILES string of the molecule is O=c1c2ccccc2nnn1COc1ccccc1Cl. The number of aromatic nitrogens is 3. The van der Waals surface area contributed by atoms with Crippen LogP contribution in [0.25, 0.3) is 10.9 Å². The number of nitrogens with zero attached hydrogens (tertiary/aromatic N) is 3. The van der Waals surface area contributed by atoms with Crippen molar-refractivity contribution in [2.45, 2.75) is 6.73 Å². The lowest BCUT2D eigenvalue weighted by Crippen LogP contribution is -2.26. The molecule has 5 nitrogen and oxygen atoms in total. The van der Waals surface area contributed by atoms with Gasteiger partial charge in [-0.3, -0.25) is 4.79 Å².